The molecule has 0 aromatic heterocycles. The second kappa shape index (κ2) is 5.91. The minimum atomic E-state index is -2.75. The Morgan fingerprint density at radius 1 is 1.16 bits per heavy atom. The van der Waals surface area contributed by atoms with Crippen LogP contribution >= 0.6 is 0 Å². The number of ketones is 1. The highest BCUT2D eigenvalue weighted by molar-refractivity contribution is 6.01. The molecule has 0 aliphatic heterocycles. The molecule has 0 bridgehead atoms. The van der Waals surface area contributed by atoms with Gasteiger partial charge in [0.2, 0.25) is 0 Å². The van der Waals surface area contributed by atoms with Crippen molar-refractivity contribution < 1.29 is 23.1 Å². The summed E-state index contributed by atoms with van der Waals surface area (Å²) >= 11 is 0. The fraction of sp³-hybridized carbons (Fsp3) is 0.429. The van der Waals surface area contributed by atoms with Crippen LogP contribution in [0, 0.1) is 5.41 Å². The Balaban J connectivity index is 2.94. The molecule has 104 valence electrons. The smallest absolute Gasteiger partial charge is 0.338 e. The third-order valence-corrected chi connectivity index (χ3v) is 2.79. The first-order valence-corrected chi connectivity index (χ1v) is 5.90. The van der Waals surface area contributed by atoms with Gasteiger partial charge in [-0.25, -0.2) is 13.6 Å². The topological polar surface area (TPSA) is 43.4 Å². The zero-order valence-corrected chi connectivity index (χ0v) is 11.1. The number of Topliss-reactive ketones (excluding diaryl/α,β-unsaturated/α-hetero) is 1. The number of hydrogen-bond acceptors (Lipinski definition) is 3. The van der Waals surface area contributed by atoms with Crippen LogP contribution in [0.2, 0.25) is 0 Å². The van der Waals surface area contributed by atoms with Crippen molar-refractivity contribution in [3.05, 3.63) is 35.4 Å². The quantitative estimate of drug-likeness (QED) is 0.609. The predicted octanol–water partition coefficient (Wildman–Crippen LogP) is 3.34. The molecule has 0 aliphatic rings. The largest absolute Gasteiger partial charge is 0.462 e. The van der Waals surface area contributed by atoms with Crippen molar-refractivity contribution in [3.63, 3.8) is 0 Å². The third-order valence-electron chi connectivity index (χ3n) is 2.79. The highest BCUT2D eigenvalue weighted by atomic mass is 19.3. The van der Waals surface area contributed by atoms with Gasteiger partial charge in [0.1, 0.15) is 0 Å². The number of carbonyl (C=O) groups is 2. The van der Waals surface area contributed by atoms with Crippen molar-refractivity contribution >= 4 is 11.8 Å². The summed E-state index contributed by atoms with van der Waals surface area (Å²) in [5, 5.41) is 0. The Morgan fingerprint density at radius 3 is 2.05 bits per heavy atom. The molecule has 0 atom stereocenters. The fourth-order valence-electron chi connectivity index (χ4n) is 1.44. The molecule has 3 nitrogen and oxygen atoms in total. The number of benzene rings is 1. The summed E-state index contributed by atoms with van der Waals surface area (Å²) in [5.74, 6) is -1.16. The van der Waals surface area contributed by atoms with E-state index in [2.05, 4.69) is 0 Å². The number of halogens is 2. The number of esters is 1. The van der Waals surface area contributed by atoms with Crippen molar-refractivity contribution in [1.82, 2.24) is 0 Å². The fourth-order valence-corrected chi connectivity index (χ4v) is 1.44. The maximum Gasteiger partial charge on any atom is 0.338 e. The summed E-state index contributed by atoms with van der Waals surface area (Å²) < 4.78 is 30.3. The molecule has 0 radical (unpaired) electrons. The molecular formula is C14H16F2O3. The molecule has 0 N–H and O–H groups in total. The van der Waals surface area contributed by atoms with E-state index in [1.807, 2.05) is 0 Å². The van der Waals surface area contributed by atoms with Gasteiger partial charge in [-0.2, -0.15) is 0 Å². The summed E-state index contributed by atoms with van der Waals surface area (Å²) in [5.41, 5.74) is -1.31. The molecule has 5 heteroatoms. The molecule has 0 amide bonds. The van der Waals surface area contributed by atoms with Gasteiger partial charge in [0.15, 0.2) is 5.78 Å². The SMILES string of the molecule is CCOC(=O)c1ccc(C(=O)C(C)(C)C(F)F)cc1. The summed E-state index contributed by atoms with van der Waals surface area (Å²) in [6, 6.07) is 5.51. The second-order valence-corrected chi connectivity index (χ2v) is 4.65. The molecule has 0 heterocycles. The van der Waals surface area contributed by atoms with Crippen LogP contribution in [0.5, 0.6) is 0 Å². The standard InChI is InChI=1S/C14H16F2O3/c1-4-19-12(18)10-7-5-9(6-8-10)11(17)14(2,3)13(15)16/h5-8,13H,4H2,1-3H3. The Morgan fingerprint density at radius 2 is 1.63 bits per heavy atom. The van der Waals surface area contributed by atoms with E-state index in [4.69, 9.17) is 4.74 Å². The second-order valence-electron chi connectivity index (χ2n) is 4.65. The van der Waals surface area contributed by atoms with Gasteiger partial charge in [0.05, 0.1) is 17.6 Å². The number of hydrogen-bond donors (Lipinski definition) is 0. The first-order valence-electron chi connectivity index (χ1n) is 5.90. The van der Waals surface area contributed by atoms with Crippen LogP contribution in [0.1, 0.15) is 41.5 Å². The Labute approximate surface area is 110 Å². The van der Waals surface area contributed by atoms with E-state index in [0.29, 0.717) is 0 Å². The van der Waals surface area contributed by atoms with Crippen LogP contribution < -0.4 is 0 Å². The minimum absolute atomic E-state index is 0.151. The number of ether oxygens (including phenoxy) is 1. The number of carbonyl (C=O) groups excluding carboxylic acids is 2. The lowest BCUT2D eigenvalue weighted by atomic mass is 9.84. The van der Waals surface area contributed by atoms with Crippen molar-refractivity contribution in [2.75, 3.05) is 6.61 Å². The average Bonchev–Trinajstić information content (AvgIpc) is 2.38. The molecule has 0 fully saturated rings. The average molecular weight is 270 g/mol. The van der Waals surface area contributed by atoms with Crippen LogP contribution in [0.3, 0.4) is 0 Å². The number of rotatable bonds is 5. The van der Waals surface area contributed by atoms with Crippen LogP contribution in [0.15, 0.2) is 24.3 Å². The van der Waals surface area contributed by atoms with Crippen molar-refractivity contribution in [3.8, 4) is 0 Å². The van der Waals surface area contributed by atoms with Gasteiger partial charge in [-0.1, -0.05) is 12.1 Å². The monoisotopic (exact) mass is 270 g/mol. The van der Waals surface area contributed by atoms with E-state index in [1.165, 1.54) is 38.1 Å². The van der Waals surface area contributed by atoms with Crippen LogP contribution in [0.4, 0.5) is 8.78 Å². The summed E-state index contributed by atoms with van der Waals surface area (Å²) in [6.45, 7) is 4.32. The normalized spacial score (nSPS) is 11.5. The third kappa shape index (κ3) is 3.36. The predicted molar refractivity (Wildman–Crippen MR) is 66.5 cm³/mol. The molecule has 0 unspecified atom stereocenters. The van der Waals surface area contributed by atoms with Crippen molar-refractivity contribution in [2.24, 2.45) is 5.41 Å². The highest BCUT2D eigenvalue weighted by Crippen LogP contribution is 2.29. The van der Waals surface area contributed by atoms with E-state index in [0.717, 1.165) is 0 Å². The van der Waals surface area contributed by atoms with Gasteiger partial charge in [-0.15, -0.1) is 0 Å². The number of alkyl halides is 2. The lowest BCUT2D eigenvalue weighted by Gasteiger charge is -2.21. The van der Waals surface area contributed by atoms with Gasteiger partial charge in [0.25, 0.3) is 6.43 Å². The van der Waals surface area contributed by atoms with Crippen LogP contribution in [-0.4, -0.2) is 24.8 Å². The van der Waals surface area contributed by atoms with E-state index in [1.54, 1.807) is 6.92 Å². The Kier molecular flexibility index (Phi) is 4.75. The van der Waals surface area contributed by atoms with Crippen molar-refractivity contribution in [1.29, 1.82) is 0 Å². The van der Waals surface area contributed by atoms with Gasteiger partial charge < -0.3 is 4.74 Å². The maximum atomic E-state index is 12.8. The maximum absolute atomic E-state index is 12.8. The first kappa shape index (κ1) is 15.3. The first-order chi connectivity index (χ1) is 8.80. The summed E-state index contributed by atoms with van der Waals surface area (Å²) in [7, 11) is 0. The van der Waals surface area contributed by atoms with Crippen molar-refractivity contribution in [2.45, 2.75) is 27.2 Å². The molecule has 1 aromatic rings. The minimum Gasteiger partial charge on any atom is -0.462 e. The molecule has 1 aromatic carbocycles. The molecule has 0 aliphatic carbocycles. The Bertz CT molecular complexity index is 464. The molecule has 0 saturated carbocycles. The highest BCUT2D eigenvalue weighted by Gasteiger charge is 2.38. The zero-order valence-electron chi connectivity index (χ0n) is 11.1. The van der Waals surface area contributed by atoms with E-state index in [-0.39, 0.29) is 17.7 Å². The van der Waals surface area contributed by atoms with Gasteiger partial charge >= 0.3 is 5.97 Å². The Hall–Kier alpha value is -1.78. The molecule has 1 rings (SSSR count). The van der Waals surface area contributed by atoms with Crippen LogP contribution in [0.25, 0.3) is 0 Å². The molecular weight excluding hydrogens is 254 g/mol. The lowest BCUT2D eigenvalue weighted by molar-refractivity contribution is 0.0215. The van der Waals surface area contributed by atoms with Crippen LogP contribution in [-0.2, 0) is 4.74 Å². The molecule has 0 saturated heterocycles. The van der Waals surface area contributed by atoms with Gasteiger partial charge in [-0.05, 0) is 32.9 Å². The van der Waals surface area contributed by atoms with Gasteiger partial charge in [-0.3, -0.25) is 4.79 Å². The summed E-state index contributed by atoms with van der Waals surface area (Å²) in [6.07, 6.45) is -2.75. The molecule has 19 heavy (non-hydrogen) atoms. The van der Waals surface area contributed by atoms with E-state index < -0.39 is 23.6 Å². The lowest BCUT2D eigenvalue weighted by Crippen LogP contribution is -2.32. The van der Waals surface area contributed by atoms with Gasteiger partial charge in [0, 0.05) is 5.56 Å². The molecule has 0 spiro atoms. The zero-order chi connectivity index (χ0) is 14.6. The van der Waals surface area contributed by atoms with E-state index in [9.17, 15) is 18.4 Å². The summed E-state index contributed by atoms with van der Waals surface area (Å²) in [4.78, 5) is 23.3. The van der Waals surface area contributed by atoms with E-state index >= 15 is 0 Å².